The zero-order valence-corrected chi connectivity index (χ0v) is 16.2. The molecule has 1 unspecified atom stereocenters. The SMILES string of the molecule is C/C=C\CCCC(=O)OC(C/C=C\C/C=C\CC)C/C=C1\CC=CC1=O. The molecule has 0 N–H and O–H groups in total. The molecule has 142 valence electrons. The number of hydrogen-bond acceptors (Lipinski definition) is 3. The van der Waals surface area contributed by atoms with Gasteiger partial charge in [0.05, 0.1) is 0 Å². The van der Waals surface area contributed by atoms with E-state index < -0.39 is 0 Å². The number of ketones is 1. The van der Waals surface area contributed by atoms with Crippen molar-refractivity contribution >= 4 is 11.8 Å². The quantitative estimate of drug-likeness (QED) is 0.192. The van der Waals surface area contributed by atoms with Crippen LogP contribution in [0.25, 0.3) is 0 Å². The minimum absolute atomic E-state index is 0.0710. The van der Waals surface area contributed by atoms with E-state index in [2.05, 4.69) is 37.3 Å². The van der Waals surface area contributed by atoms with E-state index in [0.717, 1.165) is 31.3 Å². The summed E-state index contributed by atoms with van der Waals surface area (Å²) in [4.78, 5) is 23.8. The van der Waals surface area contributed by atoms with Crippen molar-refractivity contribution in [1.82, 2.24) is 0 Å². The van der Waals surface area contributed by atoms with Gasteiger partial charge in [-0.05, 0) is 50.7 Å². The highest BCUT2D eigenvalue weighted by molar-refractivity contribution is 6.06. The molecule has 0 bridgehead atoms. The topological polar surface area (TPSA) is 43.4 Å². The van der Waals surface area contributed by atoms with Crippen LogP contribution in [0.5, 0.6) is 0 Å². The lowest BCUT2D eigenvalue weighted by Crippen LogP contribution is -2.17. The lowest BCUT2D eigenvalue weighted by atomic mass is 10.1. The second-order valence-electron chi connectivity index (χ2n) is 6.33. The van der Waals surface area contributed by atoms with Gasteiger partial charge in [0.25, 0.3) is 0 Å². The normalized spacial score (nSPS) is 17.3. The number of esters is 1. The molecule has 26 heavy (non-hydrogen) atoms. The number of ether oxygens (including phenoxy) is 1. The maximum Gasteiger partial charge on any atom is 0.306 e. The number of rotatable bonds is 12. The van der Waals surface area contributed by atoms with Gasteiger partial charge in [0.1, 0.15) is 6.10 Å². The molecule has 0 radical (unpaired) electrons. The van der Waals surface area contributed by atoms with Crippen LogP contribution in [0, 0.1) is 0 Å². The number of allylic oxidation sites excluding steroid dienone is 8. The van der Waals surface area contributed by atoms with E-state index in [4.69, 9.17) is 4.74 Å². The first kappa shape index (κ1) is 21.9. The van der Waals surface area contributed by atoms with Crippen LogP contribution in [-0.2, 0) is 14.3 Å². The van der Waals surface area contributed by atoms with Gasteiger partial charge in [0, 0.05) is 19.3 Å². The summed E-state index contributed by atoms with van der Waals surface area (Å²) >= 11 is 0. The average Bonchev–Trinajstić information content (AvgIpc) is 3.04. The van der Waals surface area contributed by atoms with Crippen molar-refractivity contribution in [3.63, 3.8) is 0 Å². The fourth-order valence-electron chi connectivity index (χ4n) is 2.61. The van der Waals surface area contributed by atoms with Gasteiger partial charge in [-0.2, -0.15) is 0 Å². The second-order valence-corrected chi connectivity index (χ2v) is 6.33. The highest BCUT2D eigenvalue weighted by atomic mass is 16.5. The number of carbonyl (C=O) groups is 2. The molecule has 1 aliphatic carbocycles. The lowest BCUT2D eigenvalue weighted by Gasteiger charge is -2.15. The Kier molecular flexibility index (Phi) is 11.8. The smallest absolute Gasteiger partial charge is 0.306 e. The molecule has 0 aromatic rings. The van der Waals surface area contributed by atoms with Gasteiger partial charge in [0.15, 0.2) is 5.78 Å². The molecule has 0 spiro atoms. The van der Waals surface area contributed by atoms with Crippen LogP contribution >= 0.6 is 0 Å². The lowest BCUT2D eigenvalue weighted by molar-refractivity contribution is -0.148. The van der Waals surface area contributed by atoms with Crippen molar-refractivity contribution in [2.45, 2.75) is 71.3 Å². The number of carbonyl (C=O) groups excluding carboxylic acids is 2. The summed E-state index contributed by atoms with van der Waals surface area (Å²) in [5, 5.41) is 0. The summed E-state index contributed by atoms with van der Waals surface area (Å²) in [6, 6.07) is 0. The Morgan fingerprint density at radius 2 is 2.00 bits per heavy atom. The van der Waals surface area contributed by atoms with Crippen LogP contribution in [0.1, 0.15) is 65.2 Å². The maximum atomic E-state index is 12.1. The summed E-state index contributed by atoms with van der Waals surface area (Å²) in [6.07, 6.45) is 23.6. The van der Waals surface area contributed by atoms with Crippen molar-refractivity contribution in [3.05, 3.63) is 60.3 Å². The van der Waals surface area contributed by atoms with Gasteiger partial charge in [-0.15, -0.1) is 0 Å². The summed E-state index contributed by atoms with van der Waals surface area (Å²) in [5.41, 5.74) is 0.800. The highest BCUT2D eigenvalue weighted by Crippen LogP contribution is 2.17. The van der Waals surface area contributed by atoms with E-state index >= 15 is 0 Å². The van der Waals surface area contributed by atoms with Gasteiger partial charge in [-0.25, -0.2) is 0 Å². The van der Waals surface area contributed by atoms with Crippen LogP contribution in [0.3, 0.4) is 0 Å². The molecule has 1 rings (SSSR count). The van der Waals surface area contributed by atoms with Crippen molar-refractivity contribution in [2.75, 3.05) is 0 Å². The Hall–Kier alpha value is -2.16. The first-order valence-corrected chi connectivity index (χ1v) is 9.67. The Morgan fingerprint density at radius 1 is 1.19 bits per heavy atom. The zero-order chi connectivity index (χ0) is 19.0. The third kappa shape index (κ3) is 9.97. The highest BCUT2D eigenvalue weighted by Gasteiger charge is 2.15. The zero-order valence-electron chi connectivity index (χ0n) is 16.2. The Bertz CT molecular complexity index is 576. The predicted molar refractivity (Wildman–Crippen MR) is 108 cm³/mol. The molecule has 1 aliphatic rings. The molecular formula is C23H32O3. The number of hydrogen-bond donors (Lipinski definition) is 0. The van der Waals surface area contributed by atoms with E-state index in [0.29, 0.717) is 25.7 Å². The molecule has 0 saturated heterocycles. The van der Waals surface area contributed by atoms with Crippen molar-refractivity contribution in [1.29, 1.82) is 0 Å². The van der Waals surface area contributed by atoms with E-state index in [9.17, 15) is 9.59 Å². The molecule has 0 amide bonds. The van der Waals surface area contributed by atoms with Crippen LogP contribution in [0.15, 0.2) is 60.3 Å². The Labute approximate surface area is 158 Å². The van der Waals surface area contributed by atoms with Gasteiger partial charge in [0.2, 0.25) is 0 Å². The summed E-state index contributed by atoms with van der Waals surface area (Å²) < 4.78 is 5.64. The minimum Gasteiger partial charge on any atom is -0.462 e. The molecular weight excluding hydrogens is 324 g/mol. The maximum absolute atomic E-state index is 12.1. The molecule has 0 aromatic heterocycles. The summed E-state index contributed by atoms with van der Waals surface area (Å²) in [5.74, 6) is -0.0882. The van der Waals surface area contributed by atoms with Crippen LogP contribution in [0.2, 0.25) is 0 Å². The largest absolute Gasteiger partial charge is 0.462 e. The molecule has 0 saturated carbocycles. The van der Waals surface area contributed by atoms with Gasteiger partial charge < -0.3 is 4.74 Å². The van der Waals surface area contributed by atoms with Gasteiger partial charge in [-0.3, -0.25) is 9.59 Å². The fourth-order valence-corrected chi connectivity index (χ4v) is 2.61. The van der Waals surface area contributed by atoms with Crippen LogP contribution in [0.4, 0.5) is 0 Å². The first-order chi connectivity index (χ1) is 12.7. The standard InChI is InChI=1S/C23H32O3/c1-3-5-7-9-10-11-15-21(19-18-20-14-13-16-22(20)24)26-23(25)17-12-8-6-4-2/h4-7,10-11,13,16,18,21H,3,8-9,12,14-15,17,19H2,1-2H3/b6-4-,7-5-,11-10-,20-18+. The predicted octanol–water partition coefficient (Wildman–Crippen LogP) is 5.79. The average molecular weight is 357 g/mol. The molecule has 3 heteroatoms. The van der Waals surface area contributed by atoms with Crippen molar-refractivity contribution in [3.8, 4) is 0 Å². The second kappa shape index (κ2) is 14.1. The van der Waals surface area contributed by atoms with E-state index in [1.165, 1.54) is 0 Å². The molecule has 0 aromatic carbocycles. The van der Waals surface area contributed by atoms with E-state index in [1.54, 1.807) is 6.08 Å². The molecule has 1 atom stereocenters. The molecule has 0 aliphatic heterocycles. The van der Waals surface area contributed by atoms with Crippen LogP contribution in [-0.4, -0.2) is 17.9 Å². The third-order valence-electron chi connectivity index (χ3n) is 4.08. The van der Waals surface area contributed by atoms with E-state index in [-0.39, 0.29) is 17.9 Å². The van der Waals surface area contributed by atoms with Crippen LogP contribution < -0.4 is 0 Å². The fraction of sp³-hybridized carbons (Fsp3) is 0.478. The number of unbranched alkanes of at least 4 members (excludes halogenated alkanes) is 1. The van der Waals surface area contributed by atoms with Crippen molar-refractivity contribution < 1.29 is 14.3 Å². The Balaban J connectivity index is 2.52. The van der Waals surface area contributed by atoms with Crippen molar-refractivity contribution in [2.24, 2.45) is 0 Å². The molecule has 0 fully saturated rings. The summed E-state index contributed by atoms with van der Waals surface area (Å²) in [7, 11) is 0. The third-order valence-corrected chi connectivity index (χ3v) is 4.08. The molecule has 0 heterocycles. The Morgan fingerprint density at radius 3 is 2.69 bits per heavy atom. The van der Waals surface area contributed by atoms with E-state index in [1.807, 2.05) is 25.2 Å². The minimum atomic E-state index is -0.212. The molecule has 3 nitrogen and oxygen atoms in total. The summed E-state index contributed by atoms with van der Waals surface area (Å²) in [6.45, 7) is 4.09. The monoisotopic (exact) mass is 356 g/mol. The van der Waals surface area contributed by atoms with Gasteiger partial charge >= 0.3 is 5.97 Å². The van der Waals surface area contributed by atoms with Gasteiger partial charge in [-0.1, -0.05) is 55.5 Å². The first-order valence-electron chi connectivity index (χ1n) is 9.67.